The van der Waals surface area contributed by atoms with Crippen molar-refractivity contribution in [2.24, 2.45) is 0 Å². The highest BCUT2D eigenvalue weighted by atomic mass is 32.2. The maximum atomic E-state index is 13.1. The first-order valence-electron chi connectivity index (χ1n) is 6.35. The number of furan rings is 1. The van der Waals surface area contributed by atoms with Crippen LogP contribution in [0.2, 0.25) is 0 Å². The fraction of sp³-hybridized carbons (Fsp3) is 0.143. The van der Waals surface area contributed by atoms with Gasteiger partial charge in [0.25, 0.3) is 10.0 Å². The first kappa shape index (κ1) is 13.8. The van der Waals surface area contributed by atoms with Crippen LogP contribution in [0, 0.1) is 5.82 Å². The van der Waals surface area contributed by atoms with Crippen LogP contribution in [0.3, 0.4) is 0 Å². The van der Waals surface area contributed by atoms with E-state index < -0.39 is 10.0 Å². The molecule has 0 unspecified atom stereocenters. The number of hydrogen-bond acceptors (Lipinski definition) is 3. The van der Waals surface area contributed by atoms with Crippen LogP contribution in [0.4, 0.5) is 4.39 Å². The molecule has 0 aliphatic carbocycles. The number of H-pyrrole nitrogens is 1. The quantitative estimate of drug-likeness (QED) is 0.760. The number of rotatable bonds is 5. The zero-order valence-corrected chi connectivity index (χ0v) is 11.8. The molecule has 0 bridgehead atoms. The van der Waals surface area contributed by atoms with Crippen LogP contribution >= 0.6 is 0 Å². The van der Waals surface area contributed by atoms with Gasteiger partial charge in [-0.3, -0.25) is 0 Å². The molecule has 0 saturated carbocycles. The Morgan fingerprint density at radius 3 is 2.90 bits per heavy atom. The summed E-state index contributed by atoms with van der Waals surface area (Å²) < 4.78 is 44.2. The molecule has 0 atom stereocenters. The number of sulfonamides is 1. The maximum Gasteiger partial charge on any atom is 0.273 e. The summed E-state index contributed by atoms with van der Waals surface area (Å²) in [6.07, 6.45) is 3.56. The molecule has 3 rings (SSSR count). The highest BCUT2D eigenvalue weighted by Crippen LogP contribution is 2.19. The third kappa shape index (κ3) is 2.84. The molecule has 2 heterocycles. The van der Waals surface area contributed by atoms with Crippen molar-refractivity contribution in [3.05, 3.63) is 54.2 Å². The lowest BCUT2D eigenvalue weighted by Gasteiger charge is -2.03. The second-order valence-electron chi connectivity index (χ2n) is 4.58. The average molecular weight is 308 g/mol. The third-order valence-electron chi connectivity index (χ3n) is 3.18. The van der Waals surface area contributed by atoms with Crippen LogP contribution in [0.1, 0.15) is 5.56 Å². The van der Waals surface area contributed by atoms with Gasteiger partial charge in [-0.25, -0.2) is 17.5 Å². The van der Waals surface area contributed by atoms with Gasteiger partial charge in [-0.15, -0.1) is 0 Å². The number of hydrogen-bond donors (Lipinski definition) is 2. The van der Waals surface area contributed by atoms with Gasteiger partial charge in [0.05, 0.1) is 6.26 Å². The highest BCUT2D eigenvalue weighted by molar-refractivity contribution is 7.89. The number of fused-ring (bicyclic) bond motifs is 1. The predicted molar refractivity (Wildman–Crippen MR) is 75.9 cm³/mol. The fourth-order valence-electron chi connectivity index (χ4n) is 2.17. The Balaban J connectivity index is 1.70. The van der Waals surface area contributed by atoms with E-state index in [9.17, 15) is 12.8 Å². The molecular weight excluding hydrogens is 295 g/mol. The van der Waals surface area contributed by atoms with Gasteiger partial charge in [-0.2, -0.15) is 0 Å². The van der Waals surface area contributed by atoms with E-state index in [0.717, 1.165) is 10.9 Å². The van der Waals surface area contributed by atoms with Gasteiger partial charge in [0.1, 0.15) is 5.82 Å². The summed E-state index contributed by atoms with van der Waals surface area (Å²) in [5.74, 6) is -0.311. The van der Waals surface area contributed by atoms with E-state index >= 15 is 0 Å². The zero-order valence-electron chi connectivity index (χ0n) is 11.0. The molecule has 0 aliphatic heterocycles. The summed E-state index contributed by atoms with van der Waals surface area (Å²) in [6, 6.07) is 7.37. The van der Waals surface area contributed by atoms with Crippen molar-refractivity contribution in [3.63, 3.8) is 0 Å². The predicted octanol–water partition coefficient (Wildman–Crippen LogP) is 2.42. The van der Waals surface area contributed by atoms with Gasteiger partial charge in [0.2, 0.25) is 5.09 Å². The molecule has 110 valence electrons. The lowest BCUT2D eigenvalue weighted by molar-refractivity contribution is 0.446. The van der Waals surface area contributed by atoms with Gasteiger partial charge < -0.3 is 9.40 Å². The number of nitrogens with one attached hydrogen (secondary N) is 2. The molecule has 0 radical (unpaired) electrons. The Morgan fingerprint density at radius 1 is 1.29 bits per heavy atom. The minimum absolute atomic E-state index is 0.108. The number of benzene rings is 1. The minimum atomic E-state index is -3.62. The van der Waals surface area contributed by atoms with E-state index in [1.165, 1.54) is 30.5 Å². The summed E-state index contributed by atoms with van der Waals surface area (Å²) >= 11 is 0. The first-order chi connectivity index (χ1) is 10.1. The summed E-state index contributed by atoms with van der Waals surface area (Å²) in [5, 5.41) is 0.775. The van der Waals surface area contributed by atoms with Gasteiger partial charge in [0, 0.05) is 23.6 Å². The van der Waals surface area contributed by atoms with Crippen LogP contribution in [0.15, 0.2) is 52.3 Å². The smallest absolute Gasteiger partial charge is 0.273 e. The third-order valence-corrected chi connectivity index (χ3v) is 4.52. The molecule has 0 amide bonds. The van der Waals surface area contributed by atoms with E-state index in [4.69, 9.17) is 4.42 Å². The molecule has 0 fully saturated rings. The van der Waals surface area contributed by atoms with Crippen molar-refractivity contribution in [2.45, 2.75) is 11.5 Å². The Kier molecular flexibility index (Phi) is 3.52. The molecule has 0 aliphatic rings. The minimum Gasteiger partial charge on any atom is -0.452 e. The maximum absolute atomic E-state index is 13.1. The van der Waals surface area contributed by atoms with Crippen LogP contribution in [-0.2, 0) is 16.4 Å². The van der Waals surface area contributed by atoms with Crippen molar-refractivity contribution < 1.29 is 17.2 Å². The Morgan fingerprint density at radius 2 is 2.14 bits per heavy atom. The molecule has 2 N–H and O–H groups in total. The van der Waals surface area contributed by atoms with E-state index in [1.54, 1.807) is 12.3 Å². The summed E-state index contributed by atoms with van der Waals surface area (Å²) in [7, 11) is -3.62. The van der Waals surface area contributed by atoms with Crippen molar-refractivity contribution in [2.75, 3.05) is 6.54 Å². The molecular formula is C14H13FN2O3S. The summed E-state index contributed by atoms with van der Waals surface area (Å²) in [4.78, 5) is 2.97. The van der Waals surface area contributed by atoms with Crippen LogP contribution in [0.25, 0.3) is 10.9 Å². The second-order valence-corrected chi connectivity index (χ2v) is 6.28. The van der Waals surface area contributed by atoms with Crippen molar-refractivity contribution >= 4 is 20.9 Å². The monoisotopic (exact) mass is 308 g/mol. The zero-order chi connectivity index (χ0) is 14.9. The van der Waals surface area contributed by atoms with Gasteiger partial charge in [-0.05, 0) is 42.3 Å². The molecule has 5 nitrogen and oxygen atoms in total. The van der Waals surface area contributed by atoms with Gasteiger partial charge >= 0.3 is 0 Å². The molecule has 3 aromatic rings. The Hall–Kier alpha value is -2.12. The highest BCUT2D eigenvalue weighted by Gasteiger charge is 2.16. The number of aromatic nitrogens is 1. The molecule has 1 aromatic carbocycles. The summed E-state index contributed by atoms with van der Waals surface area (Å²) in [5.41, 5.74) is 1.62. The lowest BCUT2D eigenvalue weighted by atomic mass is 10.1. The van der Waals surface area contributed by atoms with Crippen LogP contribution in [-0.4, -0.2) is 19.9 Å². The Bertz CT molecular complexity index is 854. The van der Waals surface area contributed by atoms with Crippen molar-refractivity contribution in [1.29, 1.82) is 0 Å². The van der Waals surface area contributed by atoms with E-state index in [2.05, 4.69) is 9.71 Å². The van der Waals surface area contributed by atoms with Crippen molar-refractivity contribution in [1.82, 2.24) is 9.71 Å². The van der Waals surface area contributed by atoms with E-state index in [0.29, 0.717) is 11.9 Å². The molecule has 0 saturated heterocycles. The normalized spacial score (nSPS) is 12.0. The molecule has 0 spiro atoms. The van der Waals surface area contributed by atoms with Gasteiger partial charge in [-0.1, -0.05) is 0 Å². The Labute approximate surface area is 120 Å². The fourth-order valence-corrected chi connectivity index (χ4v) is 3.13. The van der Waals surface area contributed by atoms with Crippen LogP contribution in [0.5, 0.6) is 0 Å². The van der Waals surface area contributed by atoms with Crippen LogP contribution < -0.4 is 4.72 Å². The SMILES string of the molecule is O=S(=O)(NCCc1c[nH]c2cc(F)ccc12)c1ccco1. The van der Waals surface area contributed by atoms with E-state index in [1.807, 2.05) is 0 Å². The van der Waals surface area contributed by atoms with E-state index in [-0.39, 0.29) is 17.5 Å². The first-order valence-corrected chi connectivity index (χ1v) is 7.83. The van der Waals surface area contributed by atoms with Crippen molar-refractivity contribution in [3.8, 4) is 0 Å². The van der Waals surface area contributed by atoms with Gasteiger partial charge in [0.15, 0.2) is 0 Å². The largest absolute Gasteiger partial charge is 0.452 e. The lowest BCUT2D eigenvalue weighted by Crippen LogP contribution is -2.25. The number of aromatic amines is 1. The second kappa shape index (κ2) is 5.34. The number of halogens is 1. The standard InChI is InChI=1S/C14H13FN2O3S/c15-11-3-4-12-10(9-16-13(12)8-11)5-6-17-21(18,19)14-2-1-7-20-14/h1-4,7-9,16-17H,5-6H2. The molecule has 7 heteroatoms. The molecule has 2 aromatic heterocycles. The average Bonchev–Trinajstić information content (AvgIpc) is 3.08. The summed E-state index contributed by atoms with van der Waals surface area (Å²) in [6.45, 7) is 0.230. The topological polar surface area (TPSA) is 75.1 Å². The molecule has 21 heavy (non-hydrogen) atoms.